The topological polar surface area (TPSA) is 42.0 Å². The Bertz CT molecular complexity index is 754. The van der Waals surface area contributed by atoms with E-state index in [1.54, 1.807) is 6.07 Å². The van der Waals surface area contributed by atoms with E-state index in [1.807, 2.05) is 0 Å². The molecule has 1 atom stereocenters. The maximum absolute atomic E-state index is 13.5. The highest BCUT2D eigenvalue weighted by molar-refractivity contribution is 8.00. The Balaban J connectivity index is 2.08. The SMILES string of the molecule is C[C@H](Sc1ncc(C(F)(F)F)cc1Cl)C(=O)Nc1ccccc1F. The highest BCUT2D eigenvalue weighted by Crippen LogP contribution is 2.35. The van der Waals surface area contributed by atoms with Gasteiger partial charge in [0.1, 0.15) is 10.8 Å². The molecule has 0 saturated heterocycles. The number of rotatable bonds is 4. The van der Waals surface area contributed by atoms with E-state index in [2.05, 4.69) is 10.3 Å². The van der Waals surface area contributed by atoms with E-state index in [9.17, 15) is 22.4 Å². The van der Waals surface area contributed by atoms with Crippen LogP contribution < -0.4 is 5.32 Å². The summed E-state index contributed by atoms with van der Waals surface area (Å²) in [7, 11) is 0. The molecule has 128 valence electrons. The van der Waals surface area contributed by atoms with Crippen LogP contribution in [-0.4, -0.2) is 16.1 Å². The molecule has 2 aromatic rings. The summed E-state index contributed by atoms with van der Waals surface area (Å²) >= 11 is 6.67. The minimum atomic E-state index is -4.55. The Hall–Kier alpha value is -1.80. The summed E-state index contributed by atoms with van der Waals surface area (Å²) < 4.78 is 51.2. The molecule has 1 heterocycles. The minimum Gasteiger partial charge on any atom is -0.323 e. The minimum absolute atomic E-state index is 0.0152. The molecule has 0 spiro atoms. The number of benzene rings is 1. The number of carbonyl (C=O) groups is 1. The third-order valence-corrected chi connectivity index (χ3v) is 4.44. The molecule has 1 aromatic heterocycles. The van der Waals surface area contributed by atoms with Crippen LogP contribution in [-0.2, 0) is 11.0 Å². The van der Waals surface area contributed by atoms with Crippen LogP contribution in [0.25, 0.3) is 0 Å². The lowest BCUT2D eigenvalue weighted by Crippen LogP contribution is -2.23. The summed E-state index contributed by atoms with van der Waals surface area (Å²) in [6, 6.07) is 6.38. The first-order chi connectivity index (χ1) is 11.2. The predicted octanol–water partition coefficient (Wildman–Crippen LogP) is 5.01. The maximum Gasteiger partial charge on any atom is 0.417 e. The average molecular weight is 379 g/mol. The van der Waals surface area contributed by atoms with E-state index in [0.717, 1.165) is 17.8 Å². The number of hydrogen-bond donors (Lipinski definition) is 1. The number of hydrogen-bond acceptors (Lipinski definition) is 3. The second-order valence-electron chi connectivity index (χ2n) is 4.74. The van der Waals surface area contributed by atoms with Gasteiger partial charge in [-0.15, -0.1) is 0 Å². The molecular weight excluding hydrogens is 368 g/mol. The molecule has 0 saturated carbocycles. The molecule has 0 aliphatic heterocycles. The number of nitrogens with zero attached hydrogens (tertiary/aromatic N) is 1. The molecule has 1 N–H and O–H groups in total. The molecule has 0 bridgehead atoms. The molecule has 0 aliphatic carbocycles. The Morgan fingerprint density at radius 2 is 2.00 bits per heavy atom. The van der Waals surface area contributed by atoms with Crippen molar-refractivity contribution < 1.29 is 22.4 Å². The Labute approximate surface area is 144 Å². The lowest BCUT2D eigenvalue weighted by Gasteiger charge is -2.13. The summed E-state index contributed by atoms with van der Waals surface area (Å²) in [5.74, 6) is -1.11. The quantitative estimate of drug-likeness (QED) is 0.600. The first kappa shape index (κ1) is 18.5. The average Bonchev–Trinajstić information content (AvgIpc) is 2.50. The van der Waals surface area contributed by atoms with Crippen molar-refractivity contribution in [3.05, 3.63) is 52.9 Å². The Morgan fingerprint density at radius 1 is 1.33 bits per heavy atom. The van der Waals surface area contributed by atoms with Crippen molar-refractivity contribution >= 4 is 35.0 Å². The first-order valence-corrected chi connectivity index (χ1v) is 7.89. The molecule has 3 nitrogen and oxygen atoms in total. The number of pyridine rings is 1. The van der Waals surface area contributed by atoms with Gasteiger partial charge in [-0.2, -0.15) is 13.2 Å². The van der Waals surface area contributed by atoms with E-state index in [-0.39, 0.29) is 15.7 Å². The van der Waals surface area contributed by atoms with Gasteiger partial charge in [0.25, 0.3) is 0 Å². The molecule has 1 aromatic carbocycles. The van der Waals surface area contributed by atoms with Crippen molar-refractivity contribution in [2.75, 3.05) is 5.32 Å². The van der Waals surface area contributed by atoms with E-state index in [4.69, 9.17) is 11.6 Å². The molecule has 24 heavy (non-hydrogen) atoms. The second kappa shape index (κ2) is 7.40. The maximum atomic E-state index is 13.5. The standard InChI is InChI=1S/C15H11ClF4N2OS/c1-8(13(23)22-12-5-3-2-4-11(12)17)24-14-10(16)6-9(7-21-14)15(18,19)20/h2-8H,1H3,(H,22,23)/t8-/m0/s1. The number of aromatic nitrogens is 1. The van der Waals surface area contributed by atoms with Gasteiger partial charge >= 0.3 is 6.18 Å². The number of thioether (sulfide) groups is 1. The number of halogens is 5. The monoisotopic (exact) mass is 378 g/mol. The van der Waals surface area contributed by atoms with Crippen LogP contribution in [0.2, 0.25) is 5.02 Å². The van der Waals surface area contributed by atoms with Crippen LogP contribution in [0.15, 0.2) is 41.6 Å². The van der Waals surface area contributed by atoms with E-state index >= 15 is 0 Å². The normalized spacial score (nSPS) is 12.8. The number of amides is 1. The van der Waals surface area contributed by atoms with Gasteiger partial charge in [0, 0.05) is 6.20 Å². The van der Waals surface area contributed by atoms with Gasteiger partial charge in [-0.3, -0.25) is 4.79 Å². The van der Waals surface area contributed by atoms with Gasteiger partial charge in [-0.1, -0.05) is 35.5 Å². The van der Waals surface area contributed by atoms with E-state index in [0.29, 0.717) is 6.20 Å². The van der Waals surface area contributed by atoms with E-state index in [1.165, 1.54) is 25.1 Å². The van der Waals surface area contributed by atoms with Crippen LogP contribution >= 0.6 is 23.4 Å². The van der Waals surface area contributed by atoms with Crippen LogP contribution in [0.4, 0.5) is 23.2 Å². The van der Waals surface area contributed by atoms with Crippen LogP contribution in [0.5, 0.6) is 0 Å². The van der Waals surface area contributed by atoms with Gasteiger partial charge < -0.3 is 5.32 Å². The van der Waals surface area contributed by atoms with Gasteiger partial charge in [-0.05, 0) is 25.1 Å². The fourth-order valence-electron chi connectivity index (χ4n) is 1.69. The van der Waals surface area contributed by atoms with Crippen LogP contribution in [0.1, 0.15) is 12.5 Å². The largest absolute Gasteiger partial charge is 0.417 e. The summed E-state index contributed by atoms with van der Waals surface area (Å²) in [5, 5.41) is 1.53. The molecule has 1 amide bonds. The van der Waals surface area contributed by atoms with Crippen molar-refractivity contribution in [2.24, 2.45) is 0 Å². The lowest BCUT2D eigenvalue weighted by atomic mass is 10.3. The number of anilines is 1. The number of carbonyl (C=O) groups excluding carboxylic acids is 1. The molecule has 9 heteroatoms. The third kappa shape index (κ3) is 4.61. The third-order valence-electron chi connectivity index (χ3n) is 2.92. The number of para-hydroxylation sites is 1. The van der Waals surface area contributed by atoms with Crippen molar-refractivity contribution in [3.8, 4) is 0 Å². The van der Waals surface area contributed by atoms with E-state index < -0.39 is 28.7 Å². The fourth-order valence-corrected chi connectivity index (χ4v) is 2.77. The van der Waals surface area contributed by atoms with Crippen LogP contribution in [0, 0.1) is 5.82 Å². The van der Waals surface area contributed by atoms with Gasteiger partial charge in [0.05, 0.1) is 21.5 Å². The zero-order chi connectivity index (χ0) is 17.9. The molecular formula is C15H11ClF4N2OS. The predicted molar refractivity (Wildman–Crippen MR) is 84.6 cm³/mol. The highest BCUT2D eigenvalue weighted by Gasteiger charge is 2.32. The summed E-state index contributed by atoms with van der Waals surface area (Å²) in [4.78, 5) is 15.7. The molecule has 0 radical (unpaired) electrons. The van der Waals surface area contributed by atoms with Crippen molar-refractivity contribution in [3.63, 3.8) is 0 Å². The smallest absolute Gasteiger partial charge is 0.323 e. The number of alkyl halides is 3. The zero-order valence-electron chi connectivity index (χ0n) is 12.2. The lowest BCUT2D eigenvalue weighted by molar-refractivity contribution is -0.137. The Morgan fingerprint density at radius 3 is 2.58 bits per heavy atom. The van der Waals surface area contributed by atoms with Crippen molar-refractivity contribution in [1.82, 2.24) is 4.98 Å². The van der Waals surface area contributed by atoms with Crippen molar-refractivity contribution in [2.45, 2.75) is 23.4 Å². The van der Waals surface area contributed by atoms with Crippen LogP contribution in [0.3, 0.4) is 0 Å². The first-order valence-electron chi connectivity index (χ1n) is 6.63. The summed E-state index contributed by atoms with van der Waals surface area (Å²) in [5.41, 5.74) is -0.957. The molecule has 0 fully saturated rings. The molecule has 0 aliphatic rings. The number of nitrogens with one attached hydrogen (secondary N) is 1. The summed E-state index contributed by atoms with van der Waals surface area (Å²) in [6.07, 6.45) is -3.90. The van der Waals surface area contributed by atoms with Crippen molar-refractivity contribution in [1.29, 1.82) is 0 Å². The van der Waals surface area contributed by atoms with Gasteiger partial charge in [0.15, 0.2) is 0 Å². The zero-order valence-corrected chi connectivity index (χ0v) is 13.8. The highest BCUT2D eigenvalue weighted by atomic mass is 35.5. The Kier molecular flexibility index (Phi) is 5.71. The van der Waals surface area contributed by atoms with Gasteiger partial charge in [0.2, 0.25) is 5.91 Å². The van der Waals surface area contributed by atoms with Gasteiger partial charge in [-0.25, -0.2) is 9.37 Å². The second-order valence-corrected chi connectivity index (χ2v) is 6.47. The summed E-state index contributed by atoms with van der Waals surface area (Å²) in [6.45, 7) is 1.51. The molecule has 2 rings (SSSR count). The molecule has 0 unspecified atom stereocenters. The fraction of sp³-hybridized carbons (Fsp3) is 0.200.